The Kier molecular flexibility index (Phi) is 9.80. The number of carbonyl (C=O) groups is 1. The molecule has 0 saturated carbocycles. The van der Waals surface area contributed by atoms with Crippen LogP contribution in [0.2, 0.25) is 5.02 Å². The third-order valence-electron chi connectivity index (χ3n) is 3.73. The Balaban J connectivity index is 2.01. The molecule has 0 amide bonds. The van der Waals surface area contributed by atoms with Crippen molar-refractivity contribution in [2.75, 3.05) is 6.61 Å². The maximum atomic E-state index is 11.0. The van der Waals surface area contributed by atoms with Crippen molar-refractivity contribution in [3.8, 4) is 0 Å². The molecule has 0 spiro atoms. The van der Waals surface area contributed by atoms with Gasteiger partial charge < -0.3 is 9.94 Å². The molecule has 0 aromatic carbocycles. The van der Waals surface area contributed by atoms with E-state index in [9.17, 15) is 4.79 Å². The number of unbranched alkanes of at least 4 members (excludes halogenated alkanes) is 9. The van der Waals surface area contributed by atoms with Crippen LogP contribution in [0.1, 0.15) is 81.6 Å². The summed E-state index contributed by atoms with van der Waals surface area (Å²) in [6.07, 6.45) is 14.2. The van der Waals surface area contributed by atoms with Gasteiger partial charge in [-0.25, -0.2) is 4.79 Å². The topological polar surface area (TPSA) is 51.5 Å². The lowest BCUT2D eigenvalue weighted by Gasteiger charge is -2.09. The van der Waals surface area contributed by atoms with Crippen LogP contribution in [-0.4, -0.2) is 22.4 Å². The molecule has 0 saturated heterocycles. The van der Waals surface area contributed by atoms with Gasteiger partial charge in [0.1, 0.15) is 6.61 Å². The minimum absolute atomic E-state index is 0.00579. The second kappa shape index (κ2) is 11.4. The largest absolute Gasteiger partial charge is 0.476 e. The van der Waals surface area contributed by atoms with Gasteiger partial charge in [-0.05, 0) is 18.9 Å². The van der Waals surface area contributed by atoms with Crippen molar-refractivity contribution in [2.45, 2.75) is 71.1 Å². The number of nitrogens with zero attached hydrogens (tertiary/aromatic N) is 1. The maximum Gasteiger partial charge on any atom is 0.357 e. The van der Waals surface area contributed by atoms with E-state index in [0.717, 1.165) is 12.8 Å². The molecule has 0 aliphatic carbocycles. The second-order valence-corrected chi connectivity index (χ2v) is 6.07. The minimum atomic E-state index is -1.07. The first-order valence-corrected chi connectivity index (χ1v) is 8.78. The predicted molar refractivity (Wildman–Crippen MR) is 89.7 cm³/mol. The molecule has 1 rings (SSSR count). The molecule has 0 atom stereocenters. The number of carboxylic acids is 1. The molecule has 0 radical (unpaired) electrons. The summed E-state index contributed by atoms with van der Waals surface area (Å²) in [6, 6.07) is 1.53. The fourth-order valence-corrected chi connectivity index (χ4v) is 2.67. The van der Waals surface area contributed by atoms with E-state index < -0.39 is 5.97 Å². The summed E-state index contributed by atoms with van der Waals surface area (Å²) >= 11 is 5.80. The van der Waals surface area contributed by atoms with Crippen LogP contribution in [0.25, 0.3) is 0 Å². The first kappa shape index (κ1) is 18.9. The molecule has 126 valence electrons. The van der Waals surface area contributed by atoms with Gasteiger partial charge in [0, 0.05) is 6.20 Å². The van der Waals surface area contributed by atoms with Crippen LogP contribution in [0.3, 0.4) is 0 Å². The van der Waals surface area contributed by atoms with E-state index in [-0.39, 0.29) is 10.7 Å². The minimum Gasteiger partial charge on any atom is -0.476 e. The summed E-state index contributed by atoms with van der Waals surface area (Å²) in [7, 11) is 0. The molecule has 0 bridgehead atoms. The lowest BCUT2D eigenvalue weighted by Crippen LogP contribution is -2.17. The predicted octanol–water partition coefficient (Wildman–Crippen LogP) is 5.19. The maximum absolute atomic E-state index is 11.0. The molecule has 1 N–H and O–H groups in total. The molecule has 0 aliphatic rings. The average molecular weight is 330 g/mol. The molecule has 1 aromatic heterocycles. The first-order valence-electron chi connectivity index (χ1n) is 8.40. The quantitative estimate of drug-likeness (QED) is 0.507. The van der Waals surface area contributed by atoms with Crippen molar-refractivity contribution >= 4 is 17.6 Å². The number of carboxylic acid groups (broad SMARTS) is 1. The molecule has 22 heavy (non-hydrogen) atoms. The Morgan fingerprint density at radius 3 is 2.18 bits per heavy atom. The summed E-state index contributed by atoms with van der Waals surface area (Å²) in [5.41, 5.74) is -0.00579. The van der Waals surface area contributed by atoms with Crippen molar-refractivity contribution in [1.82, 2.24) is 4.73 Å². The molecular weight excluding hydrogens is 302 g/mol. The summed E-state index contributed by atoms with van der Waals surface area (Å²) < 4.78 is 1.25. The number of hydrogen-bond donors (Lipinski definition) is 1. The first-order chi connectivity index (χ1) is 10.7. The lowest BCUT2D eigenvalue weighted by atomic mass is 10.1. The highest BCUT2D eigenvalue weighted by Crippen LogP contribution is 2.16. The fourth-order valence-electron chi connectivity index (χ4n) is 2.45. The standard InChI is InChI=1S/C17H28ClNO3/c1-2-3-4-5-6-7-8-9-10-11-14-22-19-13-12-15(18)16(19)17(20)21/h12-13H,2-11,14H2,1H3,(H,20,21). The fraction of sp³-hybridized carbons (Fsp3) is 0.706. The van der Waals surface area contributed by atoms with Gasteiger partial charge in [0.15, 0.2) is 5.69 Å². The van der Waals surface area contributed by atoms with Gasteiger partial charge in [-0.15, -0.1) is 0 Å². The molecule has 4 nitrogen and oxygen atoms in total. The van der Waals surface area contributed by atoms with Crippen molar-refractivity contribution in [3.63, 3.8) is 0 Å². The zero-order chi connectivity index (χ0) is 16.2. The summed E-state index contributed by atoms with van der Waals surface area (Å²) in [5, 5.41) is 9.23. The van der Waals surface area contributed by atoms with Gasteiger partial charge in [-0.2, -0.15) is 4.73 Å². The number of hydrogen-bond acceptors (Lipinski definition) is 2. The average Bonchev–Trinajstić information content (AvgIpc) is 2.86. The number of aromatic nitrogens is 1. The van der Waals surface area contributed by atoms with E-state index in [1.54, 1.807) is 6.20 Å². The number of aromatic carboxylic acids is 1. The number of halogens is 1. The number of rotatable bonds is 13. The van der Waals surface area contributed by atoms with Crippen LogP contribution >= 0.6 is 11.6 Å². The second-order valence-electron chi connectivity index (χ2n) is 5.66. The third kappa shape index (κ3) is 7.21. The van der Waals surface area contributed by atoms with Crippen LogP contribution in [0.4, 0.5) is 0 Å². The van der Waals surface area contributed by atoms with E-state index in [1.807, 2.05) is 0 Å². The Labute approximate surface area is 138 Å². The van der Waals surface area contributed by atoms with Gasteiger partial charge >= 0.3 is 5.97 Å². The highest BCUT2D eigenvalue weighted by molar-refractivity contribution is 6.33. The molecule has 0 fully saturated rings. The van der Waals surface area contributed by atoms with Gasteiger partial charge in [0.05, 0.1) is 5.02 Å². The molecule has 0 aliphatic heterocycles. The van der Waals surface area contributed by atoms with Crippen LogP contribution in [0.5, 0.6) is 0 Å². The third-order valence-corrected chi connectivity index (χ3v) is 4.04. The normalized spacial score (nSPS) is 10.8. The van der Waals surface area contributed by atoms with Crippen molar-refractivity contribution in [3.05, 3.63) is 23.0 Å². The SMILES string of the molecule is CCCCCCCCCCCCOn1ccc(Cl)c1C(=O)O. The smallest absolute Gasteiger partial charge is 0.357 e. The van der Waals surface area contributed by atoms with Crippen LogP contribution in [0.15, 0.2) is 12.3 Å². The van der Waals surface area contributed by atoms with Gasteiger partial charge in [-0.1, -0.05) is 69.9 Å². The monoisotopic (exact) mass is 329 g/mol. The summed E-state index contributed by atoms with van der Waals surface area (Å²) in [5.74, 6) is -1.07. The highest BCUT2D eigenvalue weighted by Gasteiger charge is 2.15. The van der Waals surface area contributed by atoms with Crippen molar-refractivity contribution in [1.29, 1.82) is 0 Å². The zero-order valence-corrected chi connectivity index (χ0v) is 14.3. The highest BCUT2D eigenvalue weighted by atomic mass is 35.5. The summed E-state index contributed by atoms with van der Waals surface area (Å²) in [4.78, 5) is 16.5. The van der Waals surface area contributed by atoms with Crippen LogP contribution < -0.4 is 4.84 Å². The molecule has 1 heterocycles. The molecule has 5 heteroatoms. The van der Waals surface area contributed by atoms with Gasteiger partial charge in [0.25, 0.3) is 0 Å². The van der Waals surface area contributed by atoms with Crippen LogP contribution in [-0.2, 0) is 0 Å². The van der Waals surface area contributed by atoms with E-state index >= 15 is 0 Å². The lowest BCUT2D eigenvalue weighted by molar-refractivity contribution is 0.0589. The van der Waals surface area contributed by atoms with E-state index in [1.165, 1.54) is 62.2 Å². The Bertz CT molecular complexity index is 432. The van der Waals surface area contributed by atoms with Gasteiger partial charge in [0.2, 0.25) is 0 Å². The summed E-state index contributed by atoms with van der Waals surface area (Å²) in [6.45, 7) is 2.75. The Morgan fingerprint density at radius 1 is 1.09 bits per heavy atom. The molecule has 0 unspecified atom stereocenters. The molecule has 1 aromatic rings. The van der Waals surface area contributed by atoms with E-state index in [2.05, 4.69) is 6.92 Å². The van der Waals surface area contributed by atoms with Crippen LogP contribution in [0, 0.1) is 0 Å². The van der Waals surface area contributed by atoms with Crippen molar-refractivity contribution in [2.24, 2.45) is 0 Å². The van der Waals surface area contributed by atoms with Gasteiger partial charge in [-0.3, -0.25) is 0 Å². The van der Waals surface area contributed by atoms with Crippen molar-refractivity contribution < 1.29 is 14.7 Å². The Morgan fingerprint density at radius 2 is 1.64 bits per heavy atom. The Hall–Kier alpha value is -1.16. The van der Waals surface area contributed by atoms with E-state index in [4.69, 9.17) is 21.5 Å². The molecular formula is C17H28ClNO3. The zero-order valence-electron chi connectivity index (χ0n) is 13.5. The van der Waals surface area contributed by atoms with E-state index in [0.29, 0.717) is 6.61 Å².